The third-order valence-electron chi connectivity index (χ3n) is 3.27. The Morgan fingerprint density at radius 1 is 1.39 bits per heavy atom. The molecule has 0 amide bonds. The summed E-state index contributed by atoms with van der Waals surface area (Å²) >= 11 is 2.03. The van der Waals surface area contributed by atoms with Crippen LogP contribution in [0.1, 0.15) is 5.56 Å². The smallest absolute Gasteiger partial charge is 0.195 e. The molecule has 4 heteroatoms. The van der Waals surface area contributed by atoms with Crippen LogP contribution in [0.5, 0.6) is 5.75 Å². The highest BCUT2D eigenvalue weighted by Gasteiger charge is 2.27. The summed E-state index contributed by atoms with van der Waals surface area (Å²) in [5.74, 6) is 2.00. The van der Waals surface area contributed by atoms with Gasteiger partial charge in [-0.3, -0.25) is 0 Å². The van der Waals surface area contributed by atoms with Crippen LogP contribution >= 0.6 is 11.8 Å². The normalized spacial score (nSPS) is 17.7. The maximum atomic E-state index is 5.17. The minimum absolute atomic E-state index is 0.688. The lowest BCUT2D eigenvalue weighted by molar-refractivity contribution is -0.757. The van der Waals surface area contributed by atoms with Crippen molar-refractivity contribution in [2.45, 2.75) is 24.1 Å². The van der Waals surface area contributed by atoms with E-state index in [0.29, 0.717) is 5.25 Å². The summed E-state index contributed by atoms with van der Waals surface area (Å²) in [4.78, 5) is 0. The van der Waals surface area contributed by atoms with Crippen molar-refractivity contribution in [3.63, 3.8) is 0 Å². The lowest BCUT2D eigenvalue weighted by atomic mass is 10.2. The topological polar surface area (TPSA) is 18.0 Å². The first kappa shape index (κ1) is 11.7. The molecule has 2 heterocycles. The van der Waals surface area contributed by atoms with Crippen LogP contribution in [-0.4, -0.2) is 17.0 Å². The summed E-state index contributed by atoms with van der Waals surface area (Å²) < 4.78 is 9.73. The Hall–Kier alpha value is -1.42. The van der Waals surface area contributed by atoms with Gasteiger partial charge in [0.25, 0.3) is 0 Å². The summed E-state index contributed by atoms with van der Waals surface area (Å²) in [6.45, 7) is 2.24. The van der Waals surface area contributed by atoms with Crippen LogP contribution in [0.2, 0.25) is 0 Å². The molecule has 0 fully saturated rings. The zero-order chi connectivity index (χ0) is 12.4. The van der Waals surface area contributed by atoms with Crippen LogP contribution in [0.3, 0.4) is 0 Å². The number of methoxy groups -OCH3 is 1. The fourth-order valence-corrected chi connectivity index (χ4v) is 3.39. The average molecular weight is 261 g/mol. The van der Waals surface area contributed by atoms with Crippen molar-refractivity contribution < 1.29 is 9.42 Å². The maximum absolute atomic E-state index is 5.17. The highest BCUT2D eigenvalue weighted by atomic mass is 32.2. The maximum Gasteiger partial charge on any atom is 0.195 e. The molecule has 0 bridgehead atoms. The minimum atomic E-state index is 0.688. The van der Waals surface area contributed by atoms with Crippen LogP contribution in [0.4, 0.5) is 0 Å². The molecule has 0 unspecified atom stereocenters. The molecule has 1 aromatic heterocycles. The quantitative estimate of drug-likeness (QED) is 0.785. The lowest BCUT2D eigenvalue weighted by Crippen LogP contribution is -2.36. The number of fused-ring (bicyclic) bond motifs is 1. The van der Waals surface area contributed by atoms with Gasteiger partial charge in [0.05, 0.1) is 25.1 Å². The van der Waals surface area contributed by atoms with Gasteiger partial charge in [-0.15, -0.1) is 16.4 Å². The Morgan fingerprint density at radius 2 is 2.22 bits per heavy atom. The Kier molecular flexibility index (Phi) is 3.28. The monoisotopic (exact) mass is 261 g/mol. The van der Waals surface area contributed by atoms with Gasteiger partial charge in [-0.25, -0.2) is 0 Å². The second kappa shape index (κ2) is 5.06. The van der Waals surface area contributed by atoms with E-state index in [0.717, 1.165) is 24.6 Å². The van der Waals surface area contributed by atoms with Gasteiger partial charge in [-0.1, -0.05) is 12.1 Å². The first-order valence-electron chi connectivity index (χ1n) is 6.14. The number of benzene rings is 1. The number of rotatable bonds is 4. The molecule has 3 nitrogen and oxygen atoms in total. The average Bonchev–Trinajstić information content (AvgIpc) is 2.97. The molecular formula is C14H17N2OS+. The SMILES string of the molecule is COc1ccc(CSC2Cn3ccc[n+]3C2)cc1. The fourth-order valence-electron chi connectivity index (χ4n) is 2.26. The Labute approximate surface area is 111 Å². The summed E-state index contributed by atoms with van der Waals surface area (Å²) in [5, 5.41) is 0.688. The van der Waals surface area contributed by atoms with Gasteiger partial charge in [-0.05, 0) is 17.7 Å². The number of aromatic nitrogens is 2. The van der Waals surface area contributed by atoms with E-state index in [1.54, 1.807) is 7.11 Å². The molecule has 1 aromatic carbocycles. The number of hydrogen-bond acceptors (Lipinski definition) is 2. The molecule has 2 aromatic rings. The van der Waals surface area contributed by atoms with Gasteiger partial charge < -0.3 is 4.74 Å². The predicted octanol–water partition coefficient (Wildman–Crippen LogP) is 2.10. The van der Waals surface area contributed by atoms with E-state index in [1.165, 1.54) is 5.56 Å². The van der Waals surface area contributed by atoms with Crippen LogP contribution < -0.4 is 9.42 Å². The van der Waals surface area contributed by atoms with Crippen LogP contribution in [0.25, 0.3) is 0 Å². The second-order valence-corrected chi connectivity index (χ2v) is 5.80. The first-order chi connectivity index (χ1) is 8.85. The van der Waals surface area contributed by atoms with Crippen molar-refractivity contribution >= 4 is 11.8 Å². The van der Waals surface area contributed by atoms with Crippen molar-refractivity contribution in [2.24, 2.45) is 0 Å². The van der Waals surface area contributed by atoms with Crippen molar-refractivity contribution in [1.29, 1.82) is 0 Å². The van der Waals surface area contributed by atoms with Crippen LogP contribution in [-0.2, 0) is 18.8 Å². The summed E-state index contributed by atoms with van der Waals surface area (Å²) in [5.41, 5.74) is 1.36. The Balaban J connectivity index is 1.54. The Bertz CT molecular complexity index is 500. The van der Waals surface area contributed by atoms with Crippen LogP contribution in [0, 0.1) is 0 Å². The van der Waals surface area contributed by atoms with E-state index in [1.807, 2.05) is 23.9 Å². The van der Waals surface area contributed by atoms with Crippen LogP contribution in [0.15, 0.2) is 42.7 Å². The van der Waals surface area contributed by atoms with Gasteiger partial charge in [0.1, 0.15) is 5.75 Å². The molecule has 94 valence electrons. The van der Waals surface area contributed by atoms with Gasteiger partial charge in [0.15, 0.2) is 12.7 Å². The van der Waals surface area contributed by atoms with Crippen molar-refractivity contribution in [1.82, 2.24) is 4.68 Å². The molecular weight excluding hydrogens is 244 g/mol. The summed E-state index contributed by atoms with van der Waals surface area (Å²) in [6, 6.07) is 10.5. The van der Waals surface area contributed by atoms with E-state index < -0.39 is 0 Å². The van der Waals surface area contributed by atoms with E-state index in [-0.39, 0.29) is 0 Å². The molecule has 1 aliphatic heterocycles. The molecule has 0 N–H and O–H groups in total. The van der Waals surface area contributed by atoms with Crippen molar-refractivity contribution in [3.05, 3.63) is 48.3 Å². The number of ether oxygens (including phenoxy) is 1. The number of nitrogens with zero attached hydrogens (tertiary/aromatic N) is 2. The summed E-state index contributed by atoms with van der Waals surface area (Å²) in [6.07, 6.45) is 4.29. The van der Waals surface area contributed by atoms with Gasteiger partial charge in [0, 0.05) is 11.8 Å². The molecule has 18 heavy (non-hydrogen) atoms. The molecule has 0 saturated carbocycles. The summed E-state index contributed by atoms with van der Waals surface area (Å²) in [7, 11) is 1.70. The van der Waals surface area contributed by atoms with Crippen molar-refractivity contribution in [3.8, 4) is 5.75 Å². The van der Waals surface area contributed by atoms with E-state index in [4.69, 9.17) is 4.74 Å². The molecule has 0 radical (unpaired) electrons. The van der Waals surface area contributed by atoms with E-state index in [2.05, 4.69) is 40.0 Å². The fraction of sp³-hybridized carbons (Fsp3) is 0.357. The first-order valence-corrected chi connectivity index (χ1v) is 7.19. The zero-order valence-corrected chi connectivity index (χ0v) is 11.3. The van der Waals surface area contributed by atoms with Gasteiger partial charge in [0.2, 0.25) is 0 Å². The van der Waals surface area contributed by atoms with E-state index >= 15 is 0 Å². The molecule has 0 spiro atoms. The Morgan fingerprint density at radius 3 is 2.94 bits per heavy atom. The zero-order valence-electron chi connectivity index (χ0n) is 10.5. The van der Waals surface area contributed by atoms with Gasteiger partial charge >= 0.3 is 0 Å². The number of hydrogen-bond donors (Lipinski definition) is 0. The standard InChI is InChI=1S/C14H17N2OS/c1-17-13-5-3-12(4-6-13)11-18-14-9-15-7-2-8-16(15)10-14/h2-8,14H,9-11H2,1H3/q+1. The predicted molar refractivity (Wildman–Crippen MR) is 72.7 cm³/mol. The molecule has 3 rings (SSSR count). The second-order valence-electron chi connectivity index (χ2n) is 4.52. The molecule has 0 saturated heterocycles. The molecule has 0 atom stereocenters. The lowest BCUT2D eigenvalue weighted by Gasteiger charge is -2.06. The third kappa shape index (κ3) is 2.38. The molecule has 0 aliphatic carbocycles. The number of thioether (sulfide) groups is 1. The minimum Gasteiger partial charge on any atom is -0.497 e. The highest BCUT2D eigenvalue weighted by molar-refractivity contribution is 7.99. The van der Waals surface area contributed by atoms with Gasteiger partial charge in [-0.2, -0.15) is 4.68 Å². The third-order valence-corrected chi connectivity index (χ3v) is 4.54. The van der Waals surface area contributed by atoms with Crippen molar-refractivity contribution in [2.75, 3.05) is 7.11 Å². The molecule has 1 aliphatic rings. The highest BCUT2D eigenvalue weighted by Crippen LogP contribution is 2.23. The largest absolute Gasteiger partial charge is 0.497 e. The van der Waals surface area contributed by atoms with E-state index in [9.17, 15) is 0 Å².